The number of nitrogens with zero attached hydrogens (tertiary/aromatic N) is 3. The van der Waals surface area contributed by atoms with Gasteiger partial charge >= 0.3 is 6.18 Å². The first-order chi connectivity index (χ1) is 10.4. The fraction of sp³-hybridized carbons (Fsp3) is 0.0714. The Balaban J connectivity index is 2.32. The third-order valence-electron chi connectivity index (χ3n) is 2.68. The molecule has 1 heterocycles. The minimum atomic E-state index is -4.46. The van der Waals surface area contributed by atoms with Crippen LogP contribution in [0.25, 0.3) is 11.3 Å². The van der Waals surface area contributed by atoms with E-state index in [1.807, 2.05) is 0 Å². The summed E-state index contributed by atoms with van der Waals surface area (Å²) in [6, 6.07) is 8.48. The van der Waals surface area contributed by atoms with Gasteiger partial charge in [-0.3, -0.25) is 4.98 Å². The molecule has 0 saturated carbocycles. The molecule has 0 saturated heterocycles. The van der Waals surface area contributed by atoms with Crippen molar-refractivity contribution in [1.29, 1.82) is 0 Å². The highest BCUT2D eigenvalue weighted by Gasteiger charge is 2.34. The molecule has 0 amide bonds. The minimum absolute atomic E-state index is 0.122. The van der Waals surface area contributed by atoms with Gasteiger partial charge in [-0.15, -0.1) is 5.10 Å². The van der Waals surface area contributed by atoms with E-state index in [9.17, 15) is 13.2 Å². The summed E-state index contributed by atoms with van der Waals surface area (Å²) >= 11 is 0. The Kier molecular flexibility index (Phi) is 4.40. The van der Waals surface area contributed by atoms with Crippen LogP contribution in [0.1, 0.15) is 11.1 Å². The smallest absolute Gasteiger partial charge is 0.369 e. The van der Waals surface area contributed by atoms with Crippen molar-refractivity contribution < 1.29 is 13.2 Å². The van der Waals surface area contributed by atoms with Gasteiger partial charge in [0.25, 0.3) is 0 Å². The molecule has 0 bridgehead atoms. The van der Waals surface area contributed by atoms with Crippen molar-refractivity contribution in [1.82, 2.24) is 4.98 Å². The van der Waals surface area contributed by atoms with Gasteiger partial charge in [0.1, 0.15) is 0 Å². The normalized spacial score (nSPS) is 11.6. The van der Waals surface area contributed by atoms with E-state index in [1.54, 1.807) is 12.1 Å². The fourth-order valence-corrected chi connectivity index (χ4v) is 1.75. The van der Waals surface area contributed by atoms with Gasteiger partial charge < -0.3 is 11.5 Å². The van der Waals surface area contributed by atoms with E-state index >= 15 is 0 Å². The Morgan fingerprint density at radius 3 is 2.36 bits per heavy atom. The molecular formula is C14H12F3N5. The molecule has 2 rings (SSSR count). The second kappa shape index (κ2) is 6.25. The van der Waals surface area contributed by atoms with E-state index in [-0.39, 0.29) is 11.7 Å². The Hall–Kier alpha value is -2.90. The number of benzene rings is 1. The maximum absolute atomic E-state index is 13.0. The lowest BCUT2D eigenvalue weighted by atomic mass is 10.0. The average Bonchev–Trinajstić information content (AvgIpc) is 2.47. The summed E-state index contributed by atoms with van der Waals surface area (Å²) in [4.78, 5) is 3.82. The molecule has 1 aromatic carbocycles. The Morgan fingerprint density at radius 1 is 1.09 bits per heavy atom. The summed E-state index contributed by atoms with van der Waals surface area (Å²) in [5.41, 5.74) is 10.3. The van der Waals surface area contributed by atoms with E-state index < -0.39 is 11.7 Å². The molecule has 0 fully saturated rings. The molecule has 114 valence electrons. The molecule has 0 spiro atoms. The molecule has 1 aromatic heterocycles. The van der Waals surface area contributed by atoms with Crippen LogP contribution < -0.4 is 11.5 Å². The number of halogens is 3. The summed E-state index contributed by atoms with van der Waals surface area (Å²) in [6.07, 6.45) is -1.76. The molecule has 0 aliphatic carbocycles. The van der Waals surface area contributed by atoms with Crippen LogP contribution in [0.2, 0.25) is 0 Å². The first kappa shape index (κ1) is 15.5. The highest BCUT2D eigenvalue weighted by molar-refractivity contribution is 5.82. The summed E-state index contributed by atoms with van der Waals surface area (Å²) in [5, 5.41) is 7.05. The van der Waals surface area contributed by atoms with Gasteiger partial charge in [-0.25, -0.2) is 0 Å². The van der Waals surface area contributed by atoms with E-state index in [1.165, 1.54) is 30.6 Å². The quantitative estimate of drug-likeness (QED) is 0.518. The van der Waals surface area contributed by atoms with E-state index in [0.29, 0.717) is 11.1 Å². The number of alkyl halides is 3. The molecule has 8 heteroatoms. The molecule has 4 N–H and O–H groups in total. The van der Waals surface area contributed by atoms with Crippen molar-refractivity contribution in [3.63, 3.8) is 0 Å². The number of pyridine rings is 1. The zero-order chi connectivity index (χ0) is 16.2. The third-order valence-corrected chi connectivity index (χ3v) is 2.68. The molecule has 22 heavy (non-hydrogen) atoms. The minimum Gasteiger partial charge on any atom is -0.369 e. The van der Waals surface area contributed by atoms with Crippen molar-refractivity contribution in [2.75, 3.05) is 0 Å². The molecule has 0 aliphatic rings. The lowest BCUT2D eigenvalue weighted by Crippen LogP contribution is -2.21. The molecule has 0 aliphatic heterocycles. The predicted octanol–water partition coefficient (Wildman–Crippen LogP) is 2.37. The molecule has 0 unspecified atom stereocenters. The Morgan fingerprint density at radius 2 is 1.77 bits per heavy atom. The van der Waals surface area contributed by atoms with Gasteiger partial charge in [-0.05, 0) is 17.7 Å². The second-order valence-corrected chi connectivity index (χ2v) is 4.29. The van der Waals surface area contributed by atoms with Crippen molar-refractivity contribution >= 4 is 12.2 Å². The van der Waals surface area contributed by atoms with Crippen LogP contribution in [-0.2, 0) is 6.18 Å². The van der Waals surface area contributed by atoms with Crippen molar-refractivity contribution in [3.8, 4) is 11.3 Å². The predicted molar refractivity (Wildman–Crippen MR) is 78.1 cm³/mol. The standard InChI is InChI=1S/C14H12F3N5/c15-14(16,17)11-2-1-7-20-12(11)10-5-3-9(4-6-10)8-21-22-13(18)19/h1-8H,(H4,18,19,22). The number of guanidine groups is 1. The van der Waals surface area contributed by atoms with Crippen molar-refractivity contribution in [2.45, 2.75) is 6.18 Å². The second-order valence-electron chi connectivity index (χ2n) is 4.29. The van der Waals surface area contributed by atoms with Crippen LogP contribution in [0.5, 0.6) is 0 Å². The lowest BCUT2D eigenvalue weighted by Gasteiger charge is -2.11. The van der Waals surface area contributed by atoms with Gasteiger partial charge in [-0.1, -0.05) is 24.3 Å². The van der Waals surface area contributed by atoms with Gasteiger partial charge in [0.05, 0.1) is 17.5 Å². The maximum atomic E-state index is 13.0. The highest BCUT2D eigenvalue weighted by Crippen LogP contribution is 2.35. The monoisotopic (exact) mass is 307 g/mol. The summed E-state index contributed by atoms with van der Waals surface area (Å²) in [6.45, 7) is 0. The number of hydrogen-bond donors (Lipinski definition) is 2. The maximum Gasteiger partial charge on any atom is 0.418 e. The number of rotatable bonds is 3. The van der Waals surface area contributed by atoms with Gasteiger partial charge in [0, 0.05) is 11.8 Å². The largest absolute Gasteiger partial charge is 0.418 e. The average molecular weight is 307 g/mol. The topological polar surface area (TPSA) is 89.7 Å². The van der Waals surface area contributed by atoms with E-state index in [0.717, 1.165) is 6.07 Å². The van der Waals surface area contributed by atoms with Gasteiger partial charge in [0.2, 0.25) is 5.96 Å². The Bertz CT molecular complexity index is 701. The zero-order valence-electron chi connectivity index (χ0n) is 11.2. The number of aromatic nitrogens is 1. The first-order valence-electron chi connectivity index (χ1n) is 6.12. The van der Waals surface area contributed by atoms with Crippen LogP contribution in [-0.4, -0.2) is 17.2 Å². The zero-order valence-corrected chi connectivity index (χ0v) is 11.2. The lowest BCUT2D eigenvalue weighted by molar-refractivity contribution is -0.137. The van der Waals surface area contributed by atoms with E-state index in [4.69, 9.17) is 11.5 Å². The Labute approximate surface area is 124 Å². The van der Waals surface area contributed by atoms with Crippen LogP contribution >= 0.6 is 0 Å². The van der Waals surface area contributed by atoms with Crippen molar-refractivity contribution in [3.05, 3.63) is 53.7 Å². The molecular weight excluding hydrogens is 295 g/mol. The van der Waals surface area contributed by atoms with E-state index in [2.05, 4.69) is 15.2 Å². The van der Waals surface area contributed by atoms with Crippen molar-refractivity contribution in [2.24, 2.45) is 21.7 Å². The SMILES string of the molecule is NC(N)=NN=Cc1ccc(-c2ncccc2C(F)(F)F)cc1. The summed E-state index contributed by atoms with van der Waals surface area (Å²) in [7, 11) is 0. The van der Waals surface area contributed by atoms with Crippen LogP contribution in [0.3, 0.4) is 0 Å². The first-order valence-corrected chi connectivity index (χ1v) is 6.12. The number of nitrogens with two attached hydrogens (primary N) is 2. The van der Waals surface area contributed by atoms with Crippen LogP contribution in [0.4, 0.5) is 13.2 Å². The molecule has 0 atom stereocenters. The van der Waals surface area contributed by atoms with Gasteiger partial charge in [0.15, 0.2) is 0 Å². The van der Waals surface area contributed by atoms with Crippen LogP contribution in [0, 0.1) is 0 Å². The highest BCUT2D eigenvalue weighted by atomic mass is 19.4. The number of hydrogen-bond acceptors (Lipinski definition) is 3. The van der Waals surface area contributed by atoms with Crippen LogP contribution in [0.15, 0.2) is 52.8 Å². The third kappa shape index (κ3) is 3.81. The molecule has 0 radical (unpaired) electrons. The molecule has 2 aromatic rings. The summed E-state index contributed by atoms with van der Waals surface area (Å²) in [5.74, 6) is -0.184. The van der Waals surface area contributed by atoms with Gasteiger partial charge in [-0.2, -0.15) is 18.3 Å². The summed E-state index contributed by atoms with van der Waals surface area (Å²) < 4.78 is 38.9. The molecule has 5 nitrogen and oxygen atoms in total. The fourth-order valence-electron chi connectivity index (χ4n) is 1.75.